The summed E-state index contributed by atoms with van der Waals surface area (Å²) < 4.78 is 11.1. The monoisotopic (exact) mass is 534 g/mol. The molecule has 0 saturated heterocycles. The van der Waals surface area contributed by atoms with E-state index in [4.69, 9.17) is 9.47 Å². The zero-order valence-electron chi connectivity index (χ0n) is 22.3. The van der Waals surface area contributed by atoms with Gasteiger partial charge in [-0.05, 0) is 93.0 Å². The van der Waals surface area contributed by atoms with Gasteiger partial charge in [-0.15, -0.1) is 11.3 Å². The van der Waals surface area contributed by atoms with Gasteiger partial charge in [0.1, 0.15) is 10.8 Å². The van der Waals surface area contributed by atoms with E-state index in [0.29, 0.717) is 33.5 Å². The first-order valence-corrected chi connectivity index (χ1v) is 13.9. The summed E-state index contributed by atoms with van der Waals surface area (Å²) in [6.45, 7) is 7.99. The largest absolute Gasteiger partial charge is 0.481 e. The highest BCUT2D eigenvalue weighted by Gasteiger charge is 2.29. The van der Waals surface area contributed by atoms with Crippen LogP contribution in [-0.2, 0) is 28.8 Å². The van der Waals surface area contributed by atoms with E-state index in [1.54, 1.807) is 38.1 Å². The zero-order valence-corrected chi connectivity index (χ0v) is 23.1. The number of ether oxygens (including phenoxy) is 2. The highest BCUT2D eigenvalue weighted by Crippen LogP contribution is 2.40. The first-order chi connectivity index (χ1) is 18.3. The third-order valence-corrected chi connectivity index (χ3v) is 7.82. The van der Waals surface area contributed by atoms with Crippen molar-refractivity contribution in [2.24, 2.45) is 5.92 Å². The van der Waals surface area contributed by atoms with Gasteiger partial charge >= 0.3 is 5.97 Å². The summed E-state index contributed by atoms with van der Waals surface area (Å²) in [5, 5.41) is 6.31. The lowest BCUT2D eigenvalue weighted by Crippen LogP contribution is -2.30. The Morgan fingerprint density at radius 1 is 1.03 bits per heavy atom. The molecule has 1 heterocycles. The van der Waals surface area contributed by atoms with Crippen molar-refractivity contribution >= 4 is 39.8 Å². The predicted molar refractivity (Wildman–Crippen MR) is 150 cm³/mol. The highest BCUT2D eigenvalue weighted by atomic mass is 32.1. The van der Waals surface area contributed by atoms with Crippen LogP contribution in [0.5, 0.6) is 5.75 Å². The Morgan fingerprint density at radius 3 is 2.39 bits per heavy atom. The van der Waals surface area contributed by atoms with E-state index in [0.717, 1.165) is 36.1 Å². The van der Waals surface area contributed by atoms with Crippen molar-refractivity contribution < 1.29 is 23.9 Å². The first kappa shape index (κ1) is 27.4. The van der Waals surface area contributed by atoms with E-state index >= 15 is 0 Å². The quantitative estimate of drug-likeness (QED) is 0.316. The fourth-order valence-corrected chi connectivity index (χ4v) is 5.84. The second kappa shape index (κ2) is 12.3. The Balaban J connectivity index is 1.40. The molecule has 4 rings (SSSR count). The number of benzene rings is 2. The summed E-state index contributed by atoms with van der Waals surface area (Å²) in [6.07, 6.45) is 2.91. The van der Waals surface area contributed by atoms with E-state index in [2.05, 4.69) is 24.5 Å². The maximum Gasteiger partial charge on any atom is 0.341 e. The van der Waals surface area contributed by atoms with E-state index in [9.17, 15) is 14.4 Å². The molecule has 0 bridgehead atoms. The number of carbonyl (C=O) groups excluding carboxylic acids is 3. The van der Waals surface area contributed by atoms with Crippen LogP contribution in [0.2, 0.25) is 0 Å². The molecule has 200 valence electrons. The Hall–Kier alpha value is -3.65. The van der Waals surface area contributed by atoms with E-state index in [-0.39, 0.29) is 18.4 Å². The molecular formula is C30H34N2O5S. The SMILES string of the molecule is CCOC(=O)c1c(NC(=O)c2ccc(O[C@H](C)C(=O)Nc3ccc(CC)cc3)cc2)sc2c1CC[C@H](C)C2. The summed E-state index contributed by atoms with van der Waals surface area (Å²) in [4.78, 5) is 39.5. The molecule has 38 heavy (non-hydrogen) atoms. The van der Waals surface area contributed by atoms with Gasteiger partial charge in [-0.25, -0.2) is 4.79 Å². The normalized spacial score (nSPS) is 15.2. The summed E-state index contributed by atoms with van der Waals surface area (Å²) in [5.74, 6) is 0.0254. The van der Waals surface area contributed by atoms with E-state index < -0.39 is 12.1 Å². The predicted octanol–water partition coefficient (Wildman–Crippen LogP) is 6.27. The second-order valence-electron chi connectivity index (χ2n) is 9.55. The molecule has 2 amide bonds. The molecule has 0 spiro atoms. The number of thiophene rings is 1. The smallest absolute Gasteiger partial charge is 0.341 e. The fourth-order valence-electron chi connectivity index (χ4n) is 4.44. The summed E-state index contributed by atoms with van der Waals surface area (Å²) in [7, 11) is 0. The summed E-state index contributed by atoms with van der Waals surface area (Å²) in [5.41, 5.74) is 3.80. The average molecular weight is 535 g/mol. The molecule has 0 fully saturated rings. The third-order valence-electron chi connectivity index (χ3n) is 6.65. The molecule has 0 unspecified atom stereocenters. The average Bonchev–Trinajstić information content (AvgIpc) is 3.26. The van der Waals surface area contributed by atoms with Gasteiger partial charge in [-0.3, -0.25) is 9.59 Å². The van der Waals surface area contributed by atoms with Gasteiger partial charge in [0.25, 0.3) is 11.8 Å². The summed E-state index contributed by atoms with van der Waals surface area (Å²) in [6, 6.07) is 14.3. The number of amides is 2. The third kappa shape index (κ3) is 6.42. The fraction of sp³-hybridized carbons (Fsp3) is 0.367. The molecule has 8 heteroatoms. The van der Waals surface area contributed by atoms with E-state index in [1.807, 2.05) is 24.3 Å². The molecule has 2 aromatic carbocycles. The maximum atomic E-state index is 13.1. The van der Waals surface area contributed by atoms with Gasteiger partial charge in [0.15, 0.2) is 6.10 Å². The van der Waals surface area contributed by atoms with E-state index in [1.165, 1.54) is 16.9 Å². The van der Waals surface area contributed by atoms with Crippen molar-refractivity contribution in [2.45, 2.75) is 59.5 Å². The van der Waals surface area contributed by atoms with Crippen LogP contribution in [0.4, 0.5) is 10.7 Å². The van der Waals surface area contributed by atoms with Crippen LogP contribution in [0.15, 0.2) is 48.5 Å². The maximum absolute atomic E-state index is 13.1. The molecule has 1 aromatic heterocycles. The van der Waals surface area contributed by atoms with Crippen molar-refractivity contribution in [1.82, 2.24) is 0 Å². The number of fused-ring (bicyclic) bond motifs is 1. The number of esters is 1. The Bertz CT molecular complexity index is 1300. The van der Waals surface area contributed by atoms with Crippen molar-refractivity contribution in [1.29, 1.82) is 0 Å². The minimum atomic E-state index is -0.729. The Labute approximate surface area is 227 Å². The molecule has 2 atom stereocenters. The number of hydrogen-bond donors (Lipinski definition) is 2. The van der Waals surface area contributed by atoms with Gasteiger partial charge in [0.05, 0.1) is 12.2 Å². The van der Waals surface area contributed by atoms with Crippen molar-refractivity contribution in [2.75, 3.05) is 17.2 Å². The highest BCUT2D eigenvalue weighted by molar-refractivity contribution is 7.17. The number of anilines is 2. The van der Waals surface area contributed by atoms with Crippen molar-refractivity contribution in [3.8, 4) is 5.75 Å². The van der Waals surface area contributed by atoms with Gasteiger partial charge in [-0.2, -0.15) is 0 Å². The number of hydrogen-bond acceptors (Lipinski definition) is 6. The number of carbonyl (C=O) groups is 3. The molecule has 0 radical (unpaired) electrons. The van der Waals surface area contributed by atoms with Crippen molar-refractivity contribution in [3.05, 3.63) is 75.7 Å². The lowest BCUT2D eigenvalue weighted by molar-refractivity contribution is -0.122. The molecule has 1 aliphatic carbocycles. The van der Waals surface area contributed by atoms with Crippen LogP contribution >= 0.6 is 11.3 Å². The molecule has 3 aromatic rings. The molecule has 0 aliphatic heterocycles. The summed E-state index contributed by atoms with van der Waals surface area (Å²) >= 11 is 1.46. The van der Waals surface area contributed by atoms with Gasteiger partial charge in [0.2, 0.25) is 0 Å². The van der Waals surface area contributed by atoms with Gasteiger partial charge in [0, 0.05) is 16.1 Å². The van der Waals surface area contributed by atoms with Crippen LogP contribution in [-0.4, -0.2) is 30.5 Å². The van der Waals surface area contributed by atoms with Crippen molar-refractivity contribution in [3.63, 3.8) is 0 Å². The number of aryl methyl sites for hydroxylation is 1. The topological polar surface area (TPSA) is 93.7 Å². The molecule has 1 aliphatic rings. The van der Waals surface area contributed by atoms with Crippen LogP contribution in [0.1, 0.15) is 70.8 Å². The second-order valence-corrected chi connectivity index (χ2v) is 10.7. The van der Waals surface area contributed by atoms with Crippen LogP contribution in [0, 0.1) is 5.92 Å². The lowest BCUT2D eigenvalue weighted by atomic mass is 9.88. The number of rotatable bonds is 9. The van der Waals surface area contributed by atoms with Gasteiger partial charge < -0.3 is 20.1 Å². The van der Waals surface area contributed by atoms with Crippen LogP contribution < -0.4 is 15.4 Å². The Morgan fingerprint density at radius 2 is 1.74 bits per heavy atom. The minimum absolute atomic E-state index is 0.265. The first-order valence-electron chi connectivity index (χ1n) is 13.1. The molecule has 7 nitrogen and oxygen atoms in total. The molecule has 0 saturated carbocycles. The number of nitrogens with one attached hydrogen (secondary N) is 2. The van der Waals surface area contributed by atoms with Crippen LogP contribution in [0.3, 0.4) is 0 Å². The minimum Gasteiger partial charge on any atom is -0.481 e. The lowest BCUT2D eigenvalue weighted by Gasteiger charge is -2.18. The standard InChI is InChI=1S/C30H34N2O5S/c1-5-20-8-12-22(13-9-20)31-27(33)19(4)37-23-14-10-21(11-15-23)28(34)32-29-26(30(35)36-6-2)24-16-7-18(3)17-25(24)38-29/h8-15,18-19H,5-7,16-17H2,1-4H3,(H,31,33)(H,32,34)/t18-,19+/m0/s1. The molecular weight excluding hydrogens is 500 g/mol. The Kier molecular flexibility index (Phi) is 8.84. The van der Waals surface area contributed by atoms with Gasteiger partial charge in [-0.1, -0.05) is 26.0 Å². The zero-order chi connectivity index (χ0) is 27.2. The molecule has 2 N–H and O–H groups in total. The van der Waals surface area contributed by atoms with Crippen LogP contribution in [0.25, 0.3) is 0 Å².